The molecule has 0 spiro atoms. The Morgan fingerprint density at radius 1 is 1.27 bits per heavy atom. The van der Waals surface area contributed by atoms with E-state index in [1.807, 2.05) is 0 Å². The minimum atomic E-state index is 0.464. The van der Waals surface area contributed by atoms with Gasteiger partial charge in [0.1, 0.15) is 0 Å². The second-order valence-corrected chi connectivity index (χ2v) is 3.97. The molecule has 0 aliphatic carbocycles. The van der Waals surface area contributed by atoms with Gasteiger partial charge in [0.05, 0.1) is 0 Å². The first-order chi connectivity index (χ1) is 5.04. The summed E-state index contributed by atoms with van der Waals surface area (Å²) in [5.41, 5.74) is 0.464. The summed E-state index contributed by atoms with van der Waals surface area (Å²) in [4.78, 5) is 0. The zero-order valence-corrected chi connectivity index (χ0v) is 8.65. The molecule has 0 amide bonds. The lowest BCUT2D eigenvalue weighted by atomic mass is 9.78. The molecule has 0 bridgehead atoms. The second kappa shape index (κ2) is 4.58. The zero-order valence-electron chi connectivity index (χ0n) is 8.65. The van der Waals surface area contributed by atoms with E-state index in [0.717, 1.165) is 6.42 Å². The standard InChI is InChI=1S/C11H22/c1-6-8-9-10(3)11(4,5)7-2/h8-10H,6-7H2,1-5H3. The van der Waals surface area contributed by atoms with E-state index in [1.165, 1.54) is 6.42 Å². The van der Waals surface area contributed by atoms with E-state index in [1.54, 1.807) is 0 Å². The van der Waals surface area contributed by atoms with Crippen LogP contribution in [-0.4, -0.2) is 0 Å². The Bertz CT molecular complexity index is 120. The molecule has 0 rings (SSSR count). The summed E-state index contributed by atoms with van der Waals surface area (Å²) in [5.74, 6) is 0.701. The van der Waals surface area contributed by atoms with Crippen molar-refractivity contribution in [3.63, 3.8) is 0 Å². The van der Waals surface area contributed by atoms with Crippen LogP contribution in [0.15, 0.2) is 12.2 Å². The lowest BCUT2D eigenvalue weighted by Gasteiger charge is -2.28. The summed E-state index contributed by atoms with van der Waals surface area (Å²) in [6.45, 7) is 11.4. The van der Waals surface area contributed by atoms with Gasteiger partial charge in [-0.3, -0.25) is 0 Å². The van der Waals surface area contributed by atoms with Crippen LogP contribution in [0.2, 0.25) is 0 Å². The highest BCUT2D eigenvalue weighted by atomic mass is 14.3. The molecule has 0 aromatic heterocycles. The van der Waals surface area contributed by atoms with Crippen molar-refractivity contribution in [3.05, 3.63) is 12.2 Å². The number of hydrogen-bond donors (Lipinski definition) is 0. The lowest BCUT2D eigenvalue weighted by molar-refractivity contribution is 0.266. The topological polar surface area (TPSA) is 0 Å². The van der Waals surface area contributed by atoms with Gasteiger partial charge in [0.2, 0.25) is 0 Å². The Hall–Kier alpha value is -0.260. The normalized spacial score (nSPS) is 15.7. The molecule has 0 heteroatoms. The van der Waals surface area contributed by atoms with Gasteiger partial charge in [-0.2, -0.15) is 0 Å². The predicted octanol–water partition coefficient (Wildman–Crippen LogP) is 4.02. The van der Waals surface area contributed by atoms with Crippen molar-refractivity contribution in [2.24, 2.45) is 11.3 Å². The molecule has 0 nitrogen and oxygen atoms in total. The third-order valence-electron chi connectivity index (χ3n) is 2.80. The molecule has 0 heterocycles. The first kappa shape index (κ1) is 10.7. The van der Waals surface area contributed by atoms with E-state index in [-0.39, 0.29) is 0 Å². The molecule has 0 saturated carbocycles. The van der Waals surface area contributed by atoms with Gasteiger partial charge in [-0.15, -0.1) is 0 Å². The summed E-state index contributed by atoms with van der Waals surface area (Å²) in [7, 11) is 0. The minimum Gasteiger partial charge on any atom is -0.0885 e. The van der Waals surface area contributed by atoms with Crippen LogP contribution in [-0.2, 0) is 0 Å². The lowest BCUT2D eigenvalue weighted by Crippen LogP contribution is -2.18. The molecular weight excluding hydrogens is 132 g/mol. The van der Waals surface area contributed by atoms with Crippen LogP contribution >= 0.6 is 0 Å². The van der Waals surface area contributed by atoms with Crippen molar-refractivity contribution in [2.45, 2.75) is 47.5 Å². The Balaban J connectivity index is 4.00. The SMILES string of the molecule is CCC=CC(C)C(C)(C)CC. The third-order valence-corrected chi connectivity index (χ3v) is 2.80. The predicted molar refractivity (Wildman–Crippen MR) is 52.7 cm³/mol. The third kappa shape index (κ3) is 3.60. The molecule has 1 unspecified atom stereocenters. The van der Waals surface area contributed by atoms with Crippen molar-refractivity contribution in [2.75, 3.05) is 0 Å². The molecule has 0 N–H and O–H groups in total. The second-order valence-electron chi connectivity index (χ2n) is 3.97. The molecule has 0 aliphatic rings. The summed E-state index contributed by atoms with van der Waals surface area (Å²) in [6.07, 6.45) is 7.01. The first-order valence-electron chi connectivity index (χ1n) is 4.71. The highest BCUT2D eigenvalue weighted by Gasteiger charge is 2.20. The Labute approximate surface area is 71.7 Å². The Morgan fingerprint density at radius 2 is 1.82 bits per heavy atom. The number of hydrogen-bond acceptors (Lipinski definition) is 0. The Kier molecular flexibility index (Phi) is 4.48. The van der Waals surface area contributed by atoms with Crippen molar-refractivity contribution >= 4 is 0 Å². The van der Waals surface area contributed by atoms with E-state index >= 15 is 0 Å². The van der Waals surface area contributed by atoms with Crippen molar-refractivity contribution < 1.29 is 0 Å². The van der Waals surface area contributed by atoms with Crippen LogP contribution in [0.25, 0.3) is 0 Å². The average Bonchev–Trinajstić information content (AvgIpc) is 2.00. The molecule has 1 atom stereocenters. The van der Waals surface area contributed by atoms with Gasteiger partial charge in [0.25, 0.3) is 0 Å². The molecule has 66 valence electrons. The molecule has 0 saturated heterocycles. The Morgan fingerprint density at radius 3 is 2.18 bits per heavy atom. The zero-order chi connectivity index (χ0) is 8.91. The average molecular weight is 154 g/mol. The molecule has 0 aromatic rings. The summed E-state index contributed by atoms with van der Waals surface area (Å²) in [6, 6.07) is 0. The van der Waals surface area contributed by atoms with Gasteiger partial charge in [-0.25, -0.2) is 0 Å². The molecule has 0 aliphatic heterocycles. The van der Waals surface area contributed by atoms with E-state index in [4.69, 9.17) is 0 Å². The maximum absolute atomic E-state index is 2.34. The van der Waals surface area contributed by atoms with Crippen LogP contribution in [0.4, 0.5) is 0 Å². The van der Waals surface area contributed by atoms with Gasteiger partial charge >= 0.3 is 0 Å². The summed E-state index contributed by atoms with van der Waals surface area (Å²) >= 11 is 0. The fourth-order valence-corrected chi connectivity index (χ4v) is 0.923. The quantitative estimate of drug-likeness (QED) is 0.536. The van der Waals surface area contributed by atoms with Crippen molar-refractivity contribution in [1.29, 1.82) is 0 Å². The van der Waals surface area contributed by atoms with Gasteiger partial charge < -0.3 is 0 Å². The fourth-order valence-electron chi connectivity index (χ4n) is 0.923. The number of allylic oxidation sites excluding steroid dienone is 2. The van der Waals surface area contributed by atoms with Crippen molar-refractivity contribution in [3.8, 4) is 0 Å². The van der Waals surface area contributed by atoms with Crippen LogP contribution < -0.4 is 0 Å². The van der Waals surface area contributed by atoms with Gasteiger partial charge in [0, 0.05) is 0 Å². The van der Waals surface area contributed by atoms with E-state index < -0.39 is 0 Å². The maximum Gasteiger partial charge on any atom is -0.0211 e. The molecular formula is C11H22. The highest BCUT2D eigenvalue weighted by molar-refractivity contribution is 4.92. The summed E-state index contributed by atoms with van der Waals surface area (Å²) in [5, 5.41) is 0. The molecule has 0 radical (unpaired) electrons. The maximum atomic E-state index is 2.34. The van der Waals surface area contributed by atoms with E-state index in [0.29, 0.717) is 11.3 Å². The van der Waals surface area contributed by atoms with Crippen LogP contribution in [0, 0.1) is 11.3 Å². The molecule has 11 heavy (non-hydrogen) atoms. The van der Waals surface area contributed by atoms with Crippen LogP contribution in [0.3, 0.4) is 0 Å². The van der Waals surface area contributed by atoms with Gasteiger partial charge in [-0.05, 0) is 17.8 Å². The fraction of sp³-hybridized carbons (Fsp3) is 0.818. The first-order valence-corrected chi connectivity index (χ1v) is 4.71. The largest absolute Gasteiger partial charge is 0.0885 e. The van der Waals surface area contributed by atoms with Gasteiger partial charge in [0.15, 0.2) is 0 Å². The van der Waals surface area contributed by atoms with Crippen LogP contribution in [0.1, 0.15) is 47.5 Å². The molecule has 0 fully saturated rings. The van der Waals surface area contributed by atoms with Crippen molar-refractivity contribution in [1.82, 2.24) is 0 Å². The van der Waals surface area contributed by atoms with E-state index in [9.17, 15) is 0 Å². The molecule has 0 aromatic carbocycles. The monoisotopic (exact) mass is 154 g/mol. The van der Waals surface area contributed by atoms with Crippen LogP contribution in [0.5, 0.6) is 0 Å². The van der Waals surface area contributed by atoms with Gasteiger partial charge in [-0.1, -0.05) is 53.2 Å². The number of rotatable bonds is 4. The minimum absolute atomic E-state index is 0.464. The highest BCUT2D eigenvalue weighted by Crippen LogP contribution is 2.30. The summed E-state index contributed by atoms with van der Waals surface area (Å²) < 4.78 is 0. The van der Waals surface area contributed by atoms with E-state index in [2.05, 4.69) is 46.8 Å². The smallest absolute Gasteiger partial charge is 0.0211 e.